The fourth-order valence-electron chi connectivity index (χ4n) is 3.94. The quantitative estimate of drug-likeness (QED) is 0.214. The number of hydrogen-bond donors (Lipinski definition) is 1. The molecule has 0 radical (unpaired) electrons. The molecule has 0 unspecified atom stereocenters. The van der Waals surface area contributed by atoms with E-state index >= 15 is 0 Å². The predicted octanol–water partition coefficient (Wildman–Crippen LogP) is 5.14. The van der Waals surface area contributed by atoms with Crippen molar-refractivity contribution in [2.75, 3.05) is 6.54 Å². The Morgan fingerprint density at radius 3 is 2.40 bits per heavy atom. The zero-order valence-corrected chi connectivity index (χ0v) is 18.7. The van der Waals surface area contributed by atoms with E-state index in [-0.39, 0.29) is 16.9 Å². The van der Waals surface area contributed by atoms with Gasteiger partial charge in [-0.2, -0.15) is 0 Å². The average molecular weight is 463 g/mol. The number of benzene rings is 4. The molecule has 0 bridgehead atoms. The van der Waals surface area contributed by atoms with Gasteiger partial charge in [0.25, 0.3) is 5.91 Å². The zero-order valence-electron chi connectivity index (χ0n) is 18.7. The highest BCUT2D eigenvalue weighted by molar-refractivity contribution is 6.05. The van der Waals surface area contributed by atoms with Gasteiger partial charge in [-0.05, 0) is 47.0 Å². The molecule has 0 aliphatic heterocycles. The Hall–Kier alpha value is -4.71. The molecule has 4 aromatic carbocycles. The van der Waals surface area contributed by atoms with Crippen molar-refractivity contribution in [2.24, 2.45) is 0 Å². The van der Waals surface area contributed by atoms with Crippen LogP contribution in [-0.2, 0) is 6.42 Å². The molecule has 1 aromatic heterocycles. The first-order chi connectivity index (χ1) is 17.1. The van der Waals surface area contributed by atoms with E-state index in [4.69, 9.17) is 9.15 Å². The molecule has 1 N–H and O–H groups in total. The summed E-state index contributed by atoms with van der Waals surface area (Å²) < 4.78 is 10.9. The van der Waals surface area contributed by atoms with Crippen LogP contribution >= 0.6 is 0 Å². The smallest absolute Gasteiger partial charge is 0.349 e. The third kappa shape index (κ3) is 4.82. The Morgan fingerprint density at radius 1 is 0.771 bits per heavy atom. The highest BCUT2D eigenvalue weighted by atomic mass is 16.5. The van der Waals surface area contributed by atoms with E-state index in [9.17, 15) is 14.4 Å². The minimum absolute atomic E-state index is 0.0777. The maximum atomic E-state index is 12.8. The molecule has 0 fully saturated rings. The summed E-state index contributed by atoms with van der Waals surface area (Å²) in [5.41, 5.74) is 0.911. The van der Waals surface area contributed by atoms with Gasteiger partial charge in [0.2, 0.25) is 0 Å². The molecular formula is C29H21NO5. The van der Waals surface area contributed by atoms with Crippen molar-refractivity contribution in [3.63, 3.8) is 0 Å². The van der Waals surface area contributed by atoms with Crippen molar-refractivity contribution in [3.8, 4) is 5.75 Å². The van der Waals surface area contributed by atoms with Gasteiger partial charge in [-0.1, -0.05) is 66.7 Å². The molecule has 1 heterocycles. The van der Waals surface area contributed by atoms with Crippen LogP contribution in [0.4, 0.5) is 0 Å². The number of carbonyl (C=O) groups excluding carboxylic acids is 2. The van der Waals surface area contributed by atoms with E-state index in [2.05, 4.69) is 5.32 Å². The van der Waals surface area contributed by atoms with Crippen LogP contribution in [0.1, 0.15) is 26.3 Å². The lowest BCUT2D eigenvalue weighted by atomic mass is 10.0. The highest BCUT2D eigenvalue weighted by Gasteiger charge is 2.16. The Kier molecular flexibility index (Phi) is 6.09. The molecule has 0 spiro atoms. The minimum atomic E-state index is -0.757. The number of esters is 1. The second-order valence-electron chi connectivity index (χ2n) is 8.05. The number of rotatable bonds is 6. The van der Waals surface area contributed by atoms with Crippen molar-refractivity contribution in [1.82, 2.24) is 5.32 Å². The Labute approximate surface area is 200 Å². The van der Waals surface area contributed by atoms with Crippen LogP contribution in [0.15, 0.2) is 106 Å². The summed E-state index contributed by atoms with van der Waals surface area (Å²) in [7, 11) is 0. The molecule has 0 saturated carbocycles. The maximum Gasteiger partial charge on any atom is 0.349 e. The van der Waals surface area contributed by atoms with Gasteiger partial charge >= 0.3 is 11.6 Å². The van der Waals surface area contributed by atoms with Crippen molar-refractivity contribution in [2.45, 2.75) is 6.42 Å². The summed E-state index contributed by atoms with van der Waals surface area (Å²) in [6.07, 6.45) is 0.650. The van der Waals surface area contributed by atoms with Crippen molar-refractivity contribution in [3.05, 3.63) is 124 Å². The molecule has 5 aromatic rings. The van der Waals surface area contributed by atoms with Crippen molar-refractivity contribution >= 4 is 33.6 Å². The third-order valence-corrected chi connectivity index (χ3v) is 5.71. The fourth-order valence-corrected chi connectivity index (χ4v) is 3.94. The maximum absolute atomic E-state index is 12.8. The average Bonchev–Trinajstić information content (AvgIpc) is 2.88. The molecule has 6 heteroatoms. The lowest BCUT2D eigenvalue weighted by Gasteiger charge is -2.08. The van der Waals surface area contributed by atoms with Gasteiger partial charge in [-0.3, -0.25) is 4.79 Å². The SMILES string of the molecule is O=C(NCCc1ccccc1)c1cc2ccc(OC(=O)c3cccc4ccccc34)cc2oc1=O. The predicted molar refractivity (Wildman–Crippen MR) is 134 cm³/mol. The van der Waals surface area contributed by atoms with E-state index in [0.29, 0.717) is 23.9 Å². The first-order valence-electron chi connectivity index (χ1n) is 11.2. The Balaban J connectivity index is 1.32. The van der Waals surface area contributed by atoms with Crippen LogP contribution < -0.4 is 15.7 Å². The number of fused-ring (bicyclic) bond motifs is 2. The van der Waals surface area contributed by atoms with E-state index in [1.54, 1.807) is 24.3 Å². The van der Waals surface area contributed by atoms with E-state index < -0.39 is 17.5 Å². The number of nitrogens with one attached hydrogen (secondary N) is 1. The lowest BCUT2D eigenvalue weighted by Crippen LogP contribution is -2.29. The summed E-state index contributed by atoms with van der Waals surface area (Å²) in [5.74, 6) is -0.778. The first kappa shape index (κ1) is 22.1. The van der Waals surface area contributed by atoms with Crippen molar-refractivity contribution in [1.29, 1.82) is 0 Å². The van der Waals surface area contributed by atoms with Crippen LogP contribution in [0.5, 0.6) is 5.75 Å². The molecule has 0 aliphatic carbocycles. The van der Waals surface area contributed by atoms with Gasteiger partial charge < -0.3 is 14.5 Å². The number of ether oxygens (including phenoxy) is 1. The largest absolute Gasteiger partial charge is 0.423 e. The number of amides is 1. The Bertz CT molecular complexity index is 1600. The summed E-state index contributed by atoms with van der Waals surface area (Å²) in [4.78, 5) is 37.8. The fraction of sp³-hybridized carbons (Fsp3) is 0.0690. The molecule has 172 valence electrons. The number of hydrogen-bond acceptors (Lipinski definition) is 5. The molecular weight excluding hydrogens is 442 g/mol. The molecule has 6 nitrogen and oxygen atoms in total. The van der Waals surface area contributed by atoms with E-state index in [1.165, 1.54) is 12.1 Å². The number of carbonyl (C=O) groups is 2. The molecule has 5 rings (SSSR count). The van der Waals surface area contributed by atoms with Crippen LogP contribution in [0, 0.1) is 0 Å². The van der Waals surface area contributed by atoms with Gasteiger partial charge in [-0.15, -0.1) is 0 Å². The third-order valence-electron chi connectivity index (χ3n) is 5.71. The van der Waals surface area contributed by atoms with E-state index in [0.717, 1.165) is 16.3 Å². The lowest BCUT2D eigenvalue weighted by molar-refractivity contribution is 0.0736. The van der Waals surface area contributed by atoms with Crippen LogP contribution in [0.2, 0.25) is 0 Å². The van der Waals surface area contributed by atoms with Gasteiger partial charge in [-0.25, -0.2) is 9.59 Å². The minimum Gasteiger partial charge on any atom is -0.423 e. The normalized spacial score (nSPS) is 10.9. The molecule has 35 heavy (non-hydrogen) atoms. The topological polar surface area (TPSA) is 85.6 Å². The van der Waals surface area contributed by atoms with Gasteiger partial charge in [0.15, 0.2) is 0 Å². The standard InChI is InChI=1S/C29H21NO5/c31-27(30-16-15-19-7-2-1-3-8-19)25-17-21-13-14-22(18-26(21)35-29(25)33)34-28(32)24-12-6-10-20-9-4-5-11-23(20)24/h1-14,17-18H,15-16H2,(H,30,31). The second-order valence-corrected chi connectivity index (χ2v) is 8.05. The van der Waals surface area contributed by atoms with E-state index in [1.807, 2.05) is 60.7 Å². The van der Waals surface area contributed by atoms with Gasteiger partial charge in [0, 0.05) is 18.0 Å². The second kappa shape index (κ2) is 9.65. The summed E-state index contributed by atoms with van der Waals surface area (Å²) in [6.45, 7) is 0.392. The summed E-state index contributed by atoms with van der Waals surface area (Å²) >= 11 is 0. The van der Waals surface area contributed by atoms with Crippen LogP contribution in [-0.4, -0.2) is 18.4 Å². The Morgan fingerprint density at radius 2 is 1.54 bits per heavy atom. The zero-order chi connectivity index (χ0) is 24.2. The summed E-state index contributed by atoms with van der Waals surface area (Å²) in [5, 5.41) is 5.02. The molecule has 0 saturated heterocycles. The van der Waals surface area contributed by atoms with Crippen molar-refractivity contribution < 1.29 is 18.7 Å². The molecule has 0 aliphatic rings. The molecule has 0 atom stereocenters. The first-order valence-corrected chi connectivity index (χ1v) is 11.2. The molecule has 1 amide bonds. The monoisotopic (exact) mass is 463 g/mol. The summed E-state index contributed by atoms with van der Waals surface area (Å²) in [6, 6.07) is 28.9. The van der Waals surface area contributed by atoms with Gasteiger partial charge in [0.05, 0.1) is 5.56 Å². The van der Waals surface area contributed by atoms with Gasteiger partial charge in [0.1, 0.15) is 16.9 Å². The van der Waals surface area contributed by atoms with Crippen LogP contribution in [0.25, 0.3) is 21.7 Å². The van der Waals surface area contributed by atoms with Crippen LogP contribution in [0.3, 0.4) is 0 Å². The highest BCUT2D eigenvalue weighted by Crippen LogP contribution is 2.24.